The van der Waals surface area contributed by atoms with Gasteiger partial charge in [0.15, 0.2) is 6.29 Å². The quantitative estimate of drug-likeness (QED) is 0.831. The van der Waals surface area contributed by atoms with Crippen LogP contribution in [-0.2, 0) is 18.3 Å². The molecule has 0 saturated carbocycles. The smallest absolute Gasteiger partial charge is 0.224 e. The van der Waals surface area contributed by atoms with Crippen molar-refractivity contribution in [3.63, 3.8) is 0 Å². The second-order valence-corrected chi connectivity index (χ2v) is 4.28. The van der Waals surface area contributed by atoms with Gasteiger partial charge in [-0.1, -0.05) is 12.1 Å². The molecule has 2 aromatic rings. The molecule has 1 amide bonds. The molecule has 0 aliphatic rings. The fourth-order valence-corrected chi connectivity index (χ4v) is 1.79. The van der Waals surface area contributed by atoms with Gasteiger partial charge in [0, 0.05) is 25.2 Å². The van der Waals surface area contributed by atoms with E-state index < -0.39 is 0 Å². The number of aryl methyl sites for hydroxylation is 2. The highest BCUT2D eigenvalue weighted by atomic mass is 16.1. The second kappa shape index (κ2) is 5.95. The fraction of sp³-hybridized carbons (Fsp3) is 0.214. The van der Waals surface area contributed by atoms with Crippen molar-refractivity contribution in [3.8, 4) is 0 Å². The lowest BCUT2D eigenvalue weighted by molar-refractivity contribution is -0.116. The number of aromatic nitrogens is 2. The van der Waals surface area contributed by atoms with E-state index in [0.29, 0.717) is 24.1 Å². The molecular formula is C14H15N3O2. The summed E-state index contributed by atoms with van der Waals surface area (Å²) in [5, 5.41) is 6.79. The summed E-state index contributed by atoms with van der Waals surface area (Å²) in [6, 6.07) is 6.92. The summed E-state index contributed by atoms with van der Waals surface area (Å²) in [6.45, 7) is 0. The summed E-state index contributed by atoms with van der Waals surface area (Å²) in [6.07, 6.45) is 5.35. The number of rotatable bonds is 5. The van der Waals surface area contributed by atoms with E-state index in [-0.39, 0.29) is 5.91 Å². The van der Waals surface area contributed by atoms with E-state index in [1.54, 1.807) is 35.1 Å². The van der Waals surface area contributed by atoms with Crippen LogP contribution in [0.3, 0.4) is 0 Å². The highest BCUT2D eigenvalue weighted by molar-refractivity contribution is 5.96. The van der Waals surface area contributed by atoms with Gasteiger partial charge in [0.2, 0.25) is 5.91 Å². The highest BCUT2D eigenvalue weighted by Gasteiger charge is 2.07. The van der Waals surface area contributed by atoms with Gasteiger partial charge in [-0.15, -0.1) is 0 Å². The third kappa shape index (κ3) is 3.51. The Labute approximate surface area is 111 Å². The van der Waals surface area contributed by atoms with Crippen LogP contribution >= 0.6 is 0 Å². The number of hydrogen-bond donors (Lipinski definition) is 1. The molecule has 0 fully saturated rings. The van der Waals surface area contributed by atoms with Crippen molar-refractivity contribution in [2.45, 2.75) is 12.8 Å². The molecular weight excluding hydrogens is 242 g/mol. The number of hydrogen-bond acceptors (Lipinski definition) is 3. The van der Waals surface area contributed by atoms with E-state index in [0.717, 1.165) is 11.8 Å². The molecule has 0 spiro atoms. The van der Waals surface area contributed by atoms with E-state index in [4.69, 9.17) is 0 Å². The predicted molar refractivity (Wildman–Crippen MR) is 72.0 cm³/mol. The molecule has 0 unspecified atom stereocenters. The Morgan fingerprint density at radius 2 is 2.21 bits per heavy atom. The van der Waals surface area contributed by atoms with Crippen LogP contribution < -0.4 is 5.32 Å². The normalized spacial score (nSPS) is 10.2. The van der Waals surface area contributed by atoms with Gasteiger partial charge >= 0.3 is 0 Å². The third-order valence-corrected chi connectivity index (χ3v) is 2.76. The maximum atomic E-state index is 11.8. The van der Waals surface area contributed by atoms with Gasteiger partial charge in [-0.05, 0) is 24.1 Å². The van der Waals surface area contributed by atoms with E-state index in [1.165, 1.54) is 0 Å². The van der Waals surface area contributed by atoms with E-state index in [2.05, 4.69) is 10.4 Å². The van der Waals surface area contributed by atoms with Crippen molar-refractivity contribution in [2.75, 3.05) is 5.32 Å². The van der Waals surface area contributed by atoms with Crippen molar-refractivity contribution < 1.29 is 9.59 Å². The SMILES string of the molecule is Cn1cc(CCC(=O)Nc2ccccc2C=O)cn1. The number of amides is 1. The first-order chi connectivity index (χ1) is 9.19. The second-order valence-electron chi connectivity index (χ2n) is 4.28. The average Bonchev–Trinajstić information content (AvgIpc) is 2.83. The van der Waals surface area contributed by atoms with Crippen LogP contribution in [-0.4, -0.2) is 22.0 Å². The fourth-order valence-electron chi connectivity index (χ4n) is 1.79. The highest BCUT2D eigenvalue weighted by Crippen LogP contribution is 2.13. The topological polar surface area (TPSA) is 64.0 Å². The third-order valence-electron chi connectivity index (χ3n) is 2.76. The summed E-state index contributed by atoms with van der Waals surface area (Å²) in [5.41, 5.74) is 2.05. The molecule has 0 radical (unpaired) electrons. The molecule has 1 heterocycles. The number of carbonyl (C=O) groups is 2. The van der Waals surface area contributed by atoms with Crippen LogP contribution in [0.2, 0.25) is 0 Å². The standard InChI is InChI=1S/C14H15N3O2/c1-17-9-11(8-15-17)6-7-14(19)16-13-5-3-2-4-12(13)10-18/h2-5,8-10H,6-7H2,1H3,(H,16,19). The molecule has 2 rings (SSSR count). The number of benzene rings is 1. The molecule has 5 heteroatoms. The van der Waals surface area contributed by atoms with Crippen molar-refractivity contribution in [1.82, 2.24) is 9.78 Å². The molecule has 19 heavy (non-hydrogen) atoms. The molecule has 0 aliphatic heterocycles. The molecule has 0 aliphatic carbocycles. The van der Waals surface area contributed by atoms with Crippen LogP contribution in [0.4, 0.5) is 5.69 Å². The average molecular weight is 257 g/mol. The number of carbonyl (C=O) groups excluding carboxylic acids is 2. The van der Waals surface area contributed by atoms with Crippen LogP contribution in [0.1, 0.15) is 22.3 Å². The van der Waals surface area contributed by atoms with Gasteiger partial charge in [-0.3, -0.25) is 14.3 Å². The van der Waals surface area contributed by atoms with Gasteiger partial charge in [0.25, 0.3) is 0 Å². The maximum absolute atomic E-state index is 11.8. The van der Waals surface area contributed by atoms with E-state index in [9.17, 15) is 9.59 Å². The van der Waals surface area contributed by atoms with Gasteiger partial charge in [0.05, 0.1) is 11.9 Å². The summed E-state index contributed by atoms with van der Waals surface area (Å²) in [5.74, 6) is -0.113. The lowest BCUT2D eigenvalue weighted by Gasteiger charge is -2.06. The zero-order chi connectivity index (χ0) is 13.7. The maximum Gasteiger partial charge on any atom is 0.224 e. The van der Waals surface area contributed by atoms with Crippen LogP contribution in [0.15, 0.2) is 36.7 Å². The molecule has 1 aromatic carbocycles. The zero-order valence-electron chi connectivity index (χ0n) is 10.7. The minimum Gasteiger partial charge on any atom is -0.325 e. The first kappa shape index (κ1) is 13.0. The Hall–Kier alpha value is -2.43. The Kier molecular flexibility index (Phi) is 4.07. The number of para-hydroxylation sites is 1. The summed E-state index contributed by atoms with van der Waals surface area (Å²) >= 11 is 0. The van der Waals surface area contributed by atoms with Gasteiger partial charge in [0.1, 0.15) is 0 Å². The van der Waals surface area contributed by atoms with Crippen LogP contribution in [0.25, 0.3) is 0 Å². The van der Waals surface area contributed by atoms with Crippen LogP contribution in [0.5, 0.6) is 0 Å². The lowest BCUT2D eigenvalue weighted by Crippen LogP contribution is -2.13. The van der Waals surface area contributed by atoms with Crippen molar-refractivity contribution in [3.05, 3.63) is 47.8 Å². The van der Waals surface area contributed by atoms with Gasteiger partial charge < -0.3 is 5.32 Å². The summed E-state index contributed by atoms with van der Waals surface area (Å²) in [4.78, 5) is 22.6. The first-order valence-electron chi connectivity index (χ1n) is 6.00. The molecule has 0 bridgehead atoms. The first-order valence-corrected chi connectivity index (χ1v) is 6.00. The van der Waals surface area contributed by atoms with Crippen molar-refractivity contribution in [2.24, 2.45) is 7.05 Å². The van der Waals surface area contributed by atoms with Crippen molar-refractivity contribution >= 4 is 17.9 Å². The molecule has 5 nitrogen and oxygen atoms in total. The zero-order valence-corrected chi connectivity index (χ0v) is 10.7. The number of anilines is 1. The predicted octanol–water partition coefficient (Wildman–Crippen LogP) is 1.80. The van der Waals surface area contributed by atoms with Gasteiger partial charge in [-0.25, -0.2) is 0 Å². The Morgan fingerprint density at radius 3 is 2.89 bits per heavy atom. The Balaban J connectivity index is 1.92. The van der Waals surface area contributed by atoms with Crippen molar-refractivity contribution in [1.29, 1.82) is 0 Å². The number of nitrogens with zero attached hydrogens (tertiary/aromatic N) is 2. The molecule has 0 saturated heterocycles. The molecule has 1 N–H and O–H groups in total. The van der Waals surface area contributed by atoms with E-state index in [1.807, 2.05) is 13.2 Å². The summed E-state index contributed by atoms with van der Waals surface area (Å²) < 4.78 is 1.70. The van der Waals surface area contributed by atoms with E-state index >= 15 is 0 Å². The Bertz CT molecular complexity index is 590. The molecule has 1 aromatic heterocycles. The largest absolute Gasteiger partial charge is 0.325 e. The minimum absolute atomic E-state index is 0.113. The van der Waals surface area contributed by atoms with Crippen LogP contribution in [0, 0.1) is 0 Å². The molecule has 98 valence electrons. The molecule has 0 atom stereocenters. The Morgan fingerprint density at radius 1 is 1.42 bits per heavy atom. The number of aldehydes is 1. The monoisotopic (exact) mass is 257 g/mol. The van der Waals surface area contributed by atoms with Gasteiger partial charge in [-0.2, -0.15) is 5.10 Å². The summed E-state index contributed by atoms with van der Waals surface area (Å²) in [7, 11) is 1.84. The minimum atomic E-state index is -0.113. The number of nitrogens with one attached hydrogen (secondary N) is 1. The lowest BCUT2D eigenvalue weighted by atomic mass is 10.1.